The van der Waals surface area contributed by atoms with E-state index in [1.807, 2.05) is 38.1 Å². The number of amides is 2. The number of anilines is 1. The Kier molecular flexibility index (Phi) is 7.36. The van der Waals surface area contributed by atoms with E-state index in [0.29, 0.717) is 36.3 Å². The van der Waals surface area contributed by atoms with Crippen LogP contribution in [-0.4, -0.2) is 43.0 Å². The average Bonchev–Trinajstić information content (AvgIpc) is 2.73. The fourth-order valence-electron chi connectivity index (χ4n) is 3.11. The van der Waals surface area contributed by atoms with Gasteiger partial charge in [0.05, 0.1) is 5.02 Å². The Balaban J connectivity index is 1.67. The zero-order valence-electron chi connectivity index (χ0n) is 17.1. The van der Waals surface area contributed by atoms with Crippen molar-refractivity contribution in [1.82, 2.24) is 4.90 Å². The predicted molar refractivity (Wildman–Crippen MR) is 118 cm³/mol. The van der Waals surface area contributed by atoms with Crippen LogP contribution in [-0.2, 0) is 9.59 Å². The molecule has 0 saturated carbocycles. The molecule has 1 aliphatic rings. The molecule has 1 aliphatic heterocycles. The fraction of sp³-hybridized carbons (Fsp3) is 0.304. The van der Waals surface area contributed by atoms with Crippen LogP contribution in [0.5, 0.6) is 11.5 Å². The largest absolute Gasteiger partial charge is 0.486 e. The smallest absolute Gasteiger partial charge is 0.247 e. The summed E-state index contributed by atoms with van der Waals surface area (Å²) in [5.74, 6) is 0.598. The number of fused-ring (bicyclic) bond motifs is 1. The van der Waals surface area contributed by atoms with Crippen LogP contribution < -0.4 is 14.8 Å². The third-order valence-electron chi connectivity index (χ3n) is 4.60. The van der Waals surface area contributed by atoms with Gasteiger partial charge in [0.2, 0.25) is 11.8 Å². The standard InChI is InChI=1S/C23H25ClN2O4/c1-3-10-26(15-21(27)25-19-7-5-4-6-16(19)2)22(28)9-8-17-13-18(24)23-20(14-17)29-11-12-30-23/h4-9,13-14H,3,10-12,15H2,1-2H3,(H,25,27)/b9-8+. The monoisotopic (exact) mass is 428 g/mol. The molecule has 0 aromatic heterocycles. The van der Waals surface area contributed by atoms with E-state index in [-0.39, 0.29) is 18.4 Å². The van der Waals surface area contributed by atoms with Crippen LogP contribution in [0.25, 0.3) is 6.08 Å². The highest BCUT2D eigenvalue weighted by molar-refractivity contribution is 6.32. The van der Waals surface area contributed by atoms with Gasteiger partial charge in [0.1, 0.15) is 19.8 Å². The second-order valence-corrected chi connectivity index (χ2v) is 7.39. The minimum absolute atomic E-state index is 0.0206. The first kappa shape index (κ1) is 21.7. The lowest BCUT2D eigenvalue weighted by Gasteiger charge is -2.21. The highest BCUT2D eigenvalue weighted by Gasteiger charge is 2.17. The maximum atomic E-state index is 12.7. The summed E-state index contributed by atoms with van der Waals surface area (Å²) in [5, 5.41) is 3.30. The lowest BCUT2D eigenvalue weighted by molar-refractivity contribution is -0.130. The van der Waals surface area contributed by atoms with E-state index in [2.05, 4.69) is 5.32 Å². The first-order chi connectivity index (χ1) is 14.5. The molecule has 6 nitrogen and oxygen atoms in total. The summed E-state index contributed by atoms with van der Waals surface area (Å²) in [5.41, 5.74) is 2.43. The number of para-hydroxylation sites is 1. The summed E-state index contributed by atoms with van der Waals surface area (Å²) >= 11 is 6.25. The summed E-state index contributed by atoms with van der Waals surface area (Å²) in [4.78, 5) is 26.7. The van der Waals surface area contributed by atoms with E-state index in [0.717, 1.165) is 23.2 Å². The van der Waals surface area contributed by atoms with Crippen molar-refractivity contribution in [3.8, 4) is 11.5 Å². The number of nitrogens with one attached hydrogen (secondary N) is 1. The molecule has 158 valence electrons. The van der Waals surface area contributed by atoms with E-state index in [1.54, 1.807) is 18.2 Å². The van der Waals surface area contributed by atoms with Crippen LogP contribution in [0.1, 0.15) is 24.5 Å². The molecule has 1 heterocycles. The zero-order chi connectivity index (χ0) is 21.5. The quantitative estimate of drug-likeness (QED) is 0.667. The second-order valence-electron chi connectivity index (χ2n) is 6.98. The second kappa shape index (κ2) is 10.2. The Labute approximate surface area is 181 Å². The third kappa shape index (κ3) is 5.54. The lowest BCUT2D eigenvalue weighted by atomic mass is 10.1. The summed E-state index contributed by atoms with van der Waals surface area (Å²) in [6.45, 7) is 5.25. The zero-order valence-corrected chi connectivity index (χ0v) is 17.9. The Bertz CT molecular complexity index is 958. The van der Waals surface area contributed by atoms with Crippen molar-refractivity contribution in [1.29, 1.82) is 0 Å². The maximum absolute atomic E-state index is 12.7. The minimum atomic E-state index is -0.247. The number of hydrogen-bond donors (Lipinski definition) is 1. The first-order valence-electron chi connectivity index (χ1n) is 9.89. The normalized spacial score (nSPS) is 12.6. The molecule has 0 aliphatic carbocycles. The van der Waals surface area contributed by atoms with E-state index >= 15 is 0 Å². The lowest BCUT2D eigenvalue weighted by Crippen LogP contribution is -2.37. The number of carbonyl (C=O) groups is 2. The molecule has 2 aromatic carbocycles. The molecule has 0 radical (unpaired) electrons. The van der Waals surface area contributed by atoms with Crippen LogP contribution in [0.3, 0.4) is 0 Å². The molecule has 1 N–H and O–H groups in total. The maximum Gasteiger partial charge on any atom is 0.247 e. The molecule has 7 heteroatoms. The van der Waals surface area contributed by atoms with Gasteiger partial charge < -0.3 is 19.7 Å². The fourth-order valence-corrected chi connectivity index (χ4v) is 3.39. The predicted octanol–water partition coefficient (Wildman–Crippen LogP) is 4.31. The summed E-state index contributed by atoms with van der Waals surface area (Å²) in [6, 6.07) is 11.0. The summed E-state index contributed by atoms with van der Waals surface area (Å²) in [7, 11) is 0. The molecule has 0 saturated heterocycles. The number of halogens is 1. The molecule has 0 bridgehead atoms. The van der Waals surface area contributed by atoms with E-state index in [9.17, 15) is 9.59 Å². The molecule has 30 heavy (non-hydrogen) atoms. The number of carbonyl (C=O) groups excluding carboxylic acids is 2. The van der Waals surface area contributed by atoms with Gasteiger partial charge in [-0.2, -0.15) is 0 Å². The Morgan fingerprint density at radius 1 is 1.20 bits per heavy atom. The van der Waals surface area contributed by atoms with Crippen molar-refractivity contribution in [2.75, 3.05) is 31.6 Å². The number of hydrogen-bond acceptors (Lipinski definition) is 4. The molecule has 2 aromatic rings. The number of aryl methyl sites for hydroxylation is 1. The molecular formula is C23H25ClN2O4. The van der Waals surface area contributed by atoms with Gasteiger partial charge in [0.15, 0.2) is 11.5 Å². The van der Waals surface area contributed by atoms with Gasteiger partial charge in [-0.3, -0.25) is 9.59 Å². The Morgan fingerprint density at radius 3 is 2.73 bits per heavy atom. The highest BCUT2D eigenvalue weighted by atomic mass is 35.5. The van der Waals surface area contributed by atoms with Gasteiger partial charge in [0, 0.05) is 18.3 Å². The summed E-state index contributed by atoms with van der Waals surface area (Å²) < 4.78 is 11.1. The van der Waals surface area contributed by atoms with Gasteiger partial charge >= 0.3 is 0 Å². The van der Waals surface area contributed by atoms with Crippen LogP contribution in [0.4, 0.5) is 5.69 Å². The van der Waals surface area contributed by atoms with Crippen molar-refractivity contribution in [3.63, 3.8) is 0 Å². The molecule has 0 atom stereocenters. The van der Waals surface area contributed by atoms with Crippen LogP contribution >= 0.6 is 11.6 Å². The summed E-state index contributed by atoms with van der Waals surface area (Å²) in [6.07, 6.45) is 3.85. The van der Waals surface area contributed by atoms with Gasteiger partial charge in [-0.25, -0.2) is 0 Å². The Hall–Kier alpha value is -2.99. The molecule has 3 rings (SSSR count). The van der Waals surface area contributed by atoms with Crippen LogP contribution in [0.2, 0.25) is 5.02 Å². The first-order valence-corrected chi connectivity index (χ1v) is 10.3. The van der Waals surface area contributed by atoms with Gasteiger partial charge in [-0.15, -0.1) is 0 Å². The van der Waals surface area contributed by atoms with Gasteiger partial charge in [0.25, 0.3) is 0 Å². The molecule has 0 fully saturated rings. The van der Waals surface area contributed by atoms with Crippen molar-refractivity contribution in [2.24, 2.45) is 0 Å². The van der Waals surface area contributed by atoms with Crippen LogP contribution in [0, 0.1) is 6.92 Å². The Morgan fingerprint density at radius 2 is 1.97 bits per heavy atom. The van der Waals surface area contributed by atoms with E-state index in [1.165, 1.54) is 11.0 Å². The molecule has 0 unspecified atom stereocenters. The van der Waals surface area contributed by atoms with E-state index < -0.39 is 0 Å². The average molecular weight is 429 g/mol. The molecule has 0 spiro atoms. The third-order valence-corrected chi connectivity index (χ3v) is 4.88. The van der Waals surface area contributed by atoms with Gasteiger partial charge in [-0.05, 0) is 48.7 Å². The number of ether oxygens (including phenoxy) is 2. The highest BCUT2D eigenvalue weighted by Crippen LogP contribution is 2.38. The SMILES string of the molecule is CCCN(CC(=O)Nc1ccccc1C)C(=O)/C=C/c1cc(Cl)c2c(c1)OCCO2. The van der Waals surface area contributed by atoms with Crippen molar-refractivity contribution in [2.45, 2.75) is 20.3 Å². The van der Waals surface area contributed by atoms with Gasteiger partial charge in [-0.1, -0.05) is 36.7 Å². The molecule has 2 amide bonds. The number of rotatable bonds is 7. The van der Waals surface area contributed by atoms with Crippen LogP contribution in [0.15, 0.2) is 42.5 Å². The van der Waals surface area contributed by atoms with Crippen molar-refractivity contribution < 1.29 is 19.1 Å². The molecular weight excluding hydrogens is 404 g/mol. The van der Waals surface area contributed by atoms with E-state index in [4.69, 9.17) is 21.1 Å². The number of benzene rings is 2. The topological polar surface area (TPSA) is 67.9 Å². The minimum Gasteiger partial charge on any atom is -0.486 e. The van der Waals surface area contributed by atoms with Crippen molar-refractivity contribution in [3.05, 3.63) is 58.6 Å². The number of nitrogens with zero attached hydrogens (tertiary/aromatic N) is 1. The van der Waals surface area contributed by atoms with Crippen molar-refractivity contribution >= 4 is 35.2 Å².